The van der Waals surface area contributed by atoms with Crippen LogP contribution in [-0.4, -0.2) is 56.7 Å². The highest BCUT2D eigenvalue weighted by Crippen LogP contribution is 2.40. The lowest BCUT2D eigenvalue weighted by molar-refractivity contribution is 0.0879. The van der Waals surface area contributed by atoms with Crippen LogP contribution < -0.4 is 9.47 Å². The molecule has 0 radical (unpaired) electrons. The number of piperidine rings is 1. The average Bonchev–Trinajstić information content (AvgIpc) is 3.16. The van der Waals surface area contributed by atoms with E-state index in [1.54, 1.807) is 14.2 Å². The molecule has 0 aromatic heterocycles. The molecule has 0 N–H and O–H groups in total. The summed E-state index contributed by atoms with van der Waals surface area (Å²) in [5, 5.41) is 0. The Morgan fingerprint density at radius 1 is 0.900 bits per heavy atom. The number of nitrogens with zero attached hydrogens (tertiary/aromatic N) is 2. The van der Waals surface area contributed by atoms with Gasteiger partial charge >= 0.3 is 0 Å². The van der Waals surface area contributed by atoms with Crippen LogP contribution in [0.4, 0.5) is 0 Å². The SMILES string of the molecule is COc1cccc(CN2CCCC3(CCN(C/C=C/c4ccccc4)C3)C2)c1OC. The molecule has 4 heteroatoms. The predicted octanol–water partition coefficient (Wildman–Crippen LogP) is 4.71. The molecule has 2 saturated heterocycles. The maximum Gasteiger partial charge on any atom is 0.165 e. The van der Waals surface area contributed by atoms with E-state index in [9.17, 15) is 0 Å². The Labute approximate surface area is 181 Å². The van der Waals surface area contributed by atoms with Crippen LogP contribution in [0.5, 0.6) is 11.5 Å². The molecule has 0 amide bonds. The first-order valence-corrected chi connectivity index (χ1v) is 11.1. The van der Waals surface area contributed by atoms with Crippen molar-refractivity contribution in [3.8, 4) is 11.5 Å². The second kappa shape index (κ2) is 9.67. The first kappa shape index (κ1) is 21.0. The van der Waals surface area contributed by atoms with E-state index in [0.29, 0.717) is 5.41 Å². The Hall–Kier alpha value is -2.30. The van der Waals surface area contributed by atoms with Crippen molar-refractivity contribution in [2.45, 2.75) is 25.8 Å². The molecular formula is C26H34N2O2. The van der Waals surface area contributed by atoms with E-state index in [0.717, 1.165) is 31.1 Å². The maximum absolute atomic E-state index is 5.66. The number of para-hydroxylation sites is 1. The van der Waals surface area contributed by atoms with Gasteiger partial charge in [-0.15, -0.1) is 0 Å². The van der Waals surface area contributed by atoms with Crippen LogP contribution in [-0.2, 0) is 6.54 Å². The summed E-state index contributed by atoms with van der Waals surface area (Å²) in [5.41, 5.74) is 2.93. The van der Waals surface area contributed by atoms with Crippen LogP contribution in [0.3, 0.4) is 0 Å². The summed E-state index contributed by atoms with van der Waals surface area (Å²) in [4.78, 5) is 5.24. The van der Waals surface area contributed by atoms with Gasteiger partial charge in [-0.3, -0.25) is 9.80 Å². The maximum atomic E-state index is 5.66. The molecule has 1 spiro atoms. The lowest BCUT2D eigenvalue weighted by atomic mass is 9.79. The van der Waals surface area contributed by atoms with Crippen molar-refractivity contribution in [2.24, 2.45) is 5.41 Å². The highest BCUT2D eigenvalue weighted by molar-refractivity contribution is 5.49. The van der Waals surface area contributed by atoms with Gasteiger partial charge in [0, 0.05) is 31.7 Å². The molecule has 2 fully saturated rings. The number of hydrogen-bond donors (Lipinski definition) is 0. The summed E-state index contributed by atoms with van der Waals surface area (Å²) in [6.45, 7) is 6.71. The third-order valence-corrected chi connectivity index (χ3v) is 6.61. The van der Waals surface area contributed by atoms with E-state index in [-0.39, 0.29) is 0 Å². The zero-order valence-electron chi connectivity index (χ0n) is 18.3. The number of hydrogen-bond acceptors (Lipinski definition) is 4. The third kappa shape index (κ3) is 4.88. The lowest BCUT2D eigenvalue weighted by Crippen LogP contribution is -2.44. The summed E-state index contributed by atoms with van der Waals surface area (Å²) >= 11 is 0. The number of methoxy groups -OCH3 is 2. The van der Waals surface area contributed by atoms with Crippen LogP contribution in [0.25, 0.3) is 6.08 Å². The number of likely N-dealkylation sites (tertiary alicyclic amines) is 2. The fraction of sp³-hybridized carbons (Fsp3) is 0.462. The largest absolute Gasteiger partial charge is 0.493 e. The summed E-state index contributed by atoms with van der Waals surface area (Å²) in [5.74, 6) is 1.69. The predicted molar refractivity (Wildman–Crippen MR) is 123 cm³/mol. The Morgan fingerprint density at radius 2 is 1.73 bits per heavy atom. The van der Waals surface area contributed by atoms with Crippen molar-refractivity contribution in [3.63, 3.8) is 0 Å². The van der Waals surface area contributed by atoms with E-state index in [2.05, 4.69) is 64.4 Å². The molecular weight excluding hydrogens is 372 g/mol. The normalized spacial score (nSPS) is 22.7. The second-order valence-electron chi connectivity index (χ2n) is 8.77. The van der Waals surface area contributed by atoms with Gasteiger partial charge in [0.25, 0.3) is 0 Å². The number of ether oxygens (including phenoxy) is 2. The smallest absolute Gasteiger partial charge is 0.165 e. The van der Waals surface area contributed by atoms with Gasteiger partial charge in [0.05, 0.1) is 14.2 Å². The van der Waals surface area contributed by atoms with Crippen molar-refractivity contribution >= 4 is 6.08 Å². The van der Waals surface area contributed by atoms with E-state index in [4.69, 9.17) is 9.47 Å². The fourth-order valence-electron chi connectivity index (χ4n) is 5.18. The molecule has 2 aliphatic heterocycles. The minimum Gasteiger partial charge on any atom is -0.493 e. The van der Waals surface area contributed by atoms with Gasteiger partial charge in [-0.1, -0.05) is 54.6 Å². The number of benzene rings is 2. The van der Waals surface area contributed by atoms with Crippen molar-refractivity contribution in [1.29, 1.82) is 0 Å². The van der Waals surface area contributed by atoms with Gasteiger partial charge in [-0.05, 0) is 49.4 Å². The molecule has 0 bridgehead atoms. The molecule has 160 valence electrons. The summed E-state index contributed by atoms with van der Waals surface area (Å²) < 4.78 is 11.1. The van der Waals surface area contributed by atoms with Gasteiger partial charge < -0.3 is 9.47 Å². The van der Waals surface area contributed by atoms with Gasteiger partial charge in [0.1, 0.15) is 0 Å². The highest BCUT2D eigenvalue weighted by atomic mass is 16.5. The Bertz CT molecular complexity index is 851. The van der Waals surface area contributed by atoms with Gasteiger partial charge in [0.15, 0.2) is 11.5 Å². The quantitative estimate of drug-likeness (QED) is 0.665. The molecule has 30 heavy (non-hydrogen) atoms. The molecule has 2 aliphatic rings. The van der Waals surface area contributed by atoms with Gasteiger partial charge in [-0.25, -0.2) is 0 Å². The Balaban J connectivity index is 1.35. The molecule has 4 nitrogen and oxygen atoms in total. The minimum absolute atomic E-state index is 0.435. The van der Waals surface area contributed by atoms with Crippen LogP contribution in [0.1, 0.15) is 30.4 Å². The minimum atomic E-state index is 0.435. The Morgan fingerprint density at radius 3 is 2.53 bits per heavy atom. The van der Waals surface area contributed by atoms with E-state index in [1.165, 1.54) is 50.0 Å². The van der Waals surface area contributed by atoms with Crippen LogP contribution >= 0.6 is 0 Å². The first-order chi connectivity index (χ1) is 14.7. The zero-order valence-corrected chi connectivity index (χ0v) is 18.3. The van der Waals surface area contributed by atoms with Crippen LogP contribution in [0.15, 0.2) is 54.6 Å². The molecule has 2 heterocycles. The van der Waals surface area contributed by atoms with Crippen molar-refractivity contribution in [1.82, 2.24) is 9.80 Å². The zero-order chi connectivity index (χ0) is 20.8. The topological polar surface area (TPSA) is 24.9 Å². The molecule has 2 aromatic carbocycles. The van der Waals surface area contributed by atoms with Crippen LogP contribution in [0.2, 0.25) is 0 Å². The van der Waals surface area contributed by atoms with E-state index >= 15 is 0 Å². The molecule has 2 aromatic rings. The highest BCUT2D eigenvalue weighted by Gasteiger charge is 2.40. The van der Waals surface area contributed by atoms with Gasteiger partial charge in [-0.2, -0.15) is 0 Å². The summed E-state index contributed by atoms with van der Waals surface area (Å²) in [6, 6.07) is 16.8. The van der Waals surface area contributed by atoms with E-state index in [1.807, 2.05) is 6.07 Å². The summed E-state index contributed by atoms with van der Waals surface area (Å²) in [7, 11) is 3.44. The molecule has 0 saturated carbocycles. The summed E-state index contributed by atoms with van der Waals surface area (Å²) in [6.07, 6.45) is 8.48. The number of rotatable bonds is 7. The molecule has 1 atom stereocenters. The van der Waals surface area contributed by atoms with E-state index < -0.39 is 0 Å². The molecule has 0 aliphatic carbocycles. The van der Waals surface area contributed by atoms with Crippen molar-refractivity contribution in [2.75, 3.05) is 46.9 Å². The monoisotopic (exact) mass is 406 g/mol. The van der Waals surface area contributed by atoms with Crippen molar-refractivity contribution < 1.29 is 9.47 Å². The standard InChI is InChI=1S/C26H34N2O2/c1-29-24-13-6-12-23(25(24)30-2)19-28-17-8-14-26(21-28)15-18-27(20-26)16-7-11-22-9-4-3-5-10-22/h3-7,9-13H,8,14-21H2,1-2H3/b11-7+. The second-order valence-corrected chi connectivity index (χ2v) is 8.77. The Kier molecular flexibility index (Phi) is 6.76. The lowest BCUT2D eigenvalue weighted by Gasteiger charge is -2.40. The molecule has 1 unspecified atom stereocenters. The van der Waals surface area contributed by atoms with Gasteiger partial charge in [0.2, 0.25) is 0 Å². The third-order valence-electron chi connectivity index (χ3n) is 6.61. The fourth-order valence-corrected chi connectivity index (χ4v) is 5.18. The van der Waals surface area contributed by atoms with Crippen molar-refractivity contribution in [3.05, 3.63) is 65.7 Å². The molecule has 4 rings (SSSR count). The average molecular weight is 407 g/mol. The first-order valence-electron chi connectivity index (χ1n) is 11.1. The van der Waals surface area contributed by atoms with Crippen LogP contribution in [0, 0.1) is 5.41 Å².